The Hall–Kier alpha value is -4.61. The molecule has 4 N–H and O–H groups in total. The van der Waals surface area contributed by atoms with Crippen molar-refractivity contribution in [2.75, 3.05) is 10.6 Å². The molecule has 5 aromatic rings. The molecule has 1 amide bonds. The van der Waals surface area contributed by atoms with E-state index in [0.717, 1.165) is 10.8 Å². The molecule has 3 aromatic carbocycles. The van der Waals surface area contributed by atoms with Gasteiger partial charge in [0.1, 0.15) is 5.82 Å². The van der Waals surface area contributed by atoms with Crippen LogP contribution in [0, 0.1) is 6.92 Å². The number of primary sulfonamides is 1. The fourth-order valence-corrected chi connectivity index (χ4v) is 4.83. The number of hydrogen-bond donors (Lipinski definition) is 2. The molecule has 0 fully saturated rings. The van der Waals surface area contributed by atoms with Gasteiger partial charge in [-0.05, 0) is 42.8 Å². The van der Waals surface area contributed by atoms with Gasteiger partial charge in [-0.25, -0.2) is 18.2 Å². The fraction of sp³-hybridized carbons (Fsp3) is 0.0400. The zero-order valence-corrected chi connectivity index (χ0v) is 19.9. The highest BCUT2D eigenvalue weighted by molar-refractivity contribution is 7.89. The van der Waals surface area contributed by atoms with Crippen molar-refractivity contribution in [3.05, 3.63) is 84.7 Å². The van der Waals surface area contributed by atoms with Crippen LogP contribution >= 0.6 is 0 Å². The molecule has 0 aliphatic rings. The first kappa shape index (κ1) is 23.1. The average molecular weight is 500 g/mol. The molecule has 0 saturated carbocycles. The van der Waals surface area contributed by atoms with Crippen molar-refractivity contribution >= 4 is 44.5 Å². The number of nitrogens with zero attached hydrogens (tertiary/aromatic N) is 5. The molecule has 2 heterocycles. The standard InChI is InChI=1S/C25H21N7O3S/c1-16-12-24(32(30-16)20-11-8-18-14-28-29-25(26)22(18)13-20)31(15-33)19-9-6-17(7-10-19)21-4-2-3-5-23(21)36(27,34)35/h2-15H,1H3,(H2,26,29)(H2,27,34,35). The van der Waals surface area contributed by atoms with Crippen LogP contribution in [0.1, 0.15) is 5.69 Å². The number of sulfonamides is 1. The number of hydrogen-bond acceptors (Lipinski definition) is 7. The van der Waals surface area contributed by atoms with Crippen LogP contribution in [0.15, 0.2) is 83.9 Å². The summed E-state index contributed by atoms with van der Waals surface area (Å²) in [5.74, 6) is 0.808. The van der Waals surface area contributed by atoms with Gasteiger partial charge in [-0.2, -0.15) is 10.2 Å². The van der Waals surface area contributed by atoms with E-state index in [4.69, 9.17) is 10.9 Å². The maximum absolute atomic E-state index is 12.3. The number of amides is 1. The number of rotatable bonds is 6. The summed E-state index contributed by atoms with van der Waals surface area (Å²) >= 11 is 0. The zero-order valence-electron chi connectivity index (χ0n) is 19.1. The molecule has 0 saturated heterocycles. The van der Waals surface area contributed by atoms with Crippen LogP contribution in [-0.2, 0) is 14.8 Å². The third-order valence-electron chi connectivity index (χ3n) is 5.73. The second kappa shape index (κ2) is 8.87. The number of aromatic nitrogens is 4. The normalized spacial score (nSPS) is 11.5. The van der Waals surface area contributed by atoms with Gasteiger partial charge in [-0.3, -0.25) is 9.69 Å². The van der Waals surface area contributed by atoms with Crippen molar-refractivity contribution in [1.82, 2.24) is 20.0 Å². The second-order valence-corrected chi connectivity index (χ2v) is 9.65. The topological polar surface area (TPSA) is 150 Å². The van der Waals surface area contributed by atoms with Crippen molar-refractivity contribution in [2.24, 2.45) is 5.14 Å². The van der Waals surface area contributed by atoms with Gasteiger partial charge in [0.2, 0.25) is 16.4 Å². The molecule has 0 radical (unpaired) electrons. The Labute approximate surface area is 206 Å². The molecule has 0 spiro atoms. The van der Waals surface area contributed by atoms with E-state index < -0.39 is 10.0 Å². The lowest BCUT2D eigenvalue weighted by atomic mass is 10.1. The Morgan fingerprint density at radius 1 is 1.00 bits per heavy atom. The summed E-state index contributed by atoms with van der Waals surface area (Å²) in [4.78, 5) is 13.7. The molecule has 5 rings (SSSR count). The molecule has 0 unspecified atom stereocenters. The first-order valence-electron chi connectivity index (χ1n) is 10.8. The van der Waals surface area contributed by atoms with E-state index in [1.807, 2.05) is 25.1 Å². The zero-order chi connectivity index (χ0) is 25.4. The molecule has 10 nitrogen and oxygen atoms in total. The molecule has 36 heavy (non-hydrogen) atoms. The molecule has 11 heteroatoms. The summed E-state index contributed by atoms with van der Waals surface area (Å²) in [6, 6.07) is 20.8. The number of carbonyl (C=O) groups is 1. The van der Waals surface area contributed by atoms with Crippen LogP contribution in [0.5, 0.6) is 0 Å². The minimum atomic E-state index is -3.90. The van der Waals surface area contributed by atoms with E-state index in [-0.39, 0.29) is 4.90 Å². The lowest BCUT2D eigenvalue weighted by Crippen LogP contribution is -2.18. The van der Waals surface area contributed by atoms with Gasteiger partial charge >= 0.3 is 0 Å². The lowest BCUT2D eigenvalue weighted by molar-refractivity contribution is -0.106. The van der Waals surface area contributed by atoms with E-state index >= 15 is 0 Å². The van der Waals surface area contributed by atoms with Crippen molar-refractivity contribution in [3.8, 4) is 16.8 Å². The van der Waals surface area contributed by atoms with E-state index in [1.54, 1.807) is 59.4 Å². The second-order valence-electron chi connectivity index (χ2n) is 8.12. The number of fused-ring (bicyclic) bond motifs is 1. The highest BCUT2D eigenvalue weighted by atomic mass is 32.2. The minimum absolute atomic E-state index is 0.0268. The van der Waals surface area contributed by atoms with Crippen LogP contribution in [0.3, 0.4) is 0 Å². The van der Waals surface area contributed by atoms with Gasteiger partial charge in [0.15, 0.2) is 5.82 Å². The molecular formula is C25H21N7O3S. The summed E-state index contributed by atoms with van der Waals surface area (Å²) in [5, 5.41) is 19.3. The Balaban J connectivity index is 1.56. The van der Waals surface area contributed by atoms with Gasteiger partial charge in [-0.15, -0.1) is 5.10 Å². The Morgan fingerprint density at radius 3 is 2.47 bits per heavy atom. The number of nitrogens with two attached hydrogens (primary N) is 2. The molecule has 180 valence electrons. The monoisotopic (exact) mass is 499 g/mol. The van der Waals surface area contributed by atoms with Gasteiger partial charge < -0.3 is 5.73 Å². The summed E-state index contributed by atoms with van der Waals surface area (Å²) in [7, 11) is -3.90. The number of aryl methyl sites for hydroxylation is 1. The Kier molecular flexibility index (Phi) is 5.71. The highest BCUT2D eigenvalue weighted by Crippen LogP contribution is 2.32. The van der Waals surface area contributed by atoms with Crippen LogP contribution < -0.4 is 15.8 Å². The van der Waals surface area contributed by atoms with Gasteiger partial charge in [0.25, 0.3) is 0 Å². The predicted molar refractivity (Wildman–Crippen MR) is 137 cm³/mol. The maximum atomic E-state index is 12.3. The number of benzene rings is 3. The Bertz CT molecular complexity index is 1710. The number of anilines is 3. The van der Waals surface area contributed by atoms with E-state index in [0.29, 0.717) is 46.2 Å². The highest BCUT2D eigenvalue weighted by Gasteiger charge is 2.19. The summed E-state index contributed by atoms with van der Waals surface area (Å²) in [5.41, 5.74) is 9.08. The summed E-state index contributed by atoms with van der Waals surface area (Å²) in [6.07, 6.45) is 2.32. The van der Waals surface area contributed by atoms with Crippen molar-refractivity contribution in [2.45, 2.75) is 11.8 Å². The van der Waals surface area contributed by atoms with Crippen LogP contribution in [0.2, 0.25) is 0 Å². The molecular weight excluding hydrogens is 478 g/mol. The van der Waals surface area contributed by atoms with Crippen LogP contribution in [0.4, 0.5) is 17.3 Å². The van der Waals surface area contributed by atoms with Gasteiger partial charge in [-0.1, -0.05) is 36.4 Å². The minimum Gasteiger partial charge on any atom is -0.382 e. The van der Waals surface area contributed by atoms with Crippen LogP contribution in [0.25, 0.3) is 27.6 Å². The van der Waals surface area contributed by atoms with Gasteiger partial charge in [0.05, 0.1) is 28.2 Å². The van der Waals surface area contributed by atoms with Crippen molar-refractivity contribution < 1.29 is 13.2 Å². The molecule has 0 aliphatic carbocycles. The van der Waals surface area contributed by atoms with Crippen molar-refractivity contribution in [1.29, 1.82) is 0 Å². The largest absolute Gasteiger partial charge is 0.382 e. The third kappa shape index (κ3) is 4.17. The average Bonchev–Trinajstić information content (AvgIpc) is 3.25. The summed E-state index contributed by atoms with van der Waals surface area (Å²) in [6.45, 7) is 1.83. The number of nitrogen functional groups attached to an aromatic ring is 1. The smallest absolute Gasteiger partial charge is 0.238 e. The molecule has 2 aromatic heterocycles. The van der Waals surface area contributed by atoms with Gasteiger partial charge in [0, 0.05) is 22.4 Å². The quantitative estimate of drug-likeness (QED) is 0.340. The SMILES string of the molecule is Cc1cc(N(C=O)c2ccc(-c3ccccc3S(N)(=O)=O)cc2)n(-c2ccc3cnnc(N)c3c2)n1. The molecule has 0 aliphatic heterocycles. The first-order valence-corrected chi connectivity index (χ1v) is 12.4. The van der Waals surface area contributed by atoms with Crippen LogP contribution in [-0.4, -0.2) is 34.8 Å². The molecule has 0 atom stereocenters. The first-order chi connectivity index (χ1) is 17.3. The Morgan fingerprint density at radius 2 is 1.75 bits per heavy atom. The van der Waals surface area contributed by atoms with E-state index in [2.05, 4.69) is 15.3 Å². The third-order valence-corrected chi connectivity index (χ3v) is 6.70. The fourth-order valence-electron chi connectivity index (χ4n) is 4.07. The van der Waals surface area contributed by atoms with E-state index in [1.165, 1.54) is 11.0 Å². The molecule has 0 bridgehead atoms. The van der Waals surface area contributed by atoms with Crippen molar-refractivity contribution in [3.63, 3.8) is 0 Å². The number of carbonyl (C=O) groups excluding carboxylic acids is 1. The maximum Gasteiger partial charge on any atom is 0.238 e. The van der Waals surface area contributed by atoms with E-state index in [9.17, 15) is 13.2 Å². The lowest BCUT2D eigenvalue weighted by Gasteiger charge is -2.19. The predicted octanol–water partition coefficient (Wildman–Crippen LogP) is 3.32. The summed E-state index contributed by atoms with van der Waals surface area (Å²) < 4.78 is 25.7.